The molecule has 2 atom stereocenters. The molecule has 10 heteroatoms. The first kappa shape index (κ1) is 29.9. The van der Waals surface area contributed by atoms with E-state index >= 15 is 0 Å². The molecule has 0 aliphatic rings. The van der Waals surface area contributed by atoms with Gasteiger partial charge in [-0.3, -0.25) is 9.59 Å². The predicted octanol–water partition coefficient (Wildman–Crippen LogP) is 4.55. The molecule has 2 rings (SSSR count). The van der Waals surface area contributed by atoms with Gasteiger partial charge in [-0.1, -0.05) is 55.3 Å². The Hall–Kier alpha value is -3.30. The number of anilines is 1. The largest absolute Gasteiger partial charge is 0.508 e. The van der Waals surface area contributed by atoms with E-state index in [1.807, 2.05) is 6.92 Å². The van der Waals surface area contributed by atoms with Crippen molar-refractivity contribution in [1.29, 1.82) is 0 Å². The molecule has 2 unspecified atom stereocenters. The Labute approximate surface area is 222 Å². The summed E-state index contributed by atoms with van der Waals surface area (Å²) < 4.78 is 5.23. The lowest BCUT2D eigenvalue weighted by Gasteiger charge is -2.34. The van der Waals surface area contributed by atoms with Gasteiger partial charge in [0.25, 0.3) is 5.91 Å². The quantitative estimate of drug-likeness (QED) is 0.355. The molecule has 37 heavy (non-hydrogen) atoms. The normalized spacial score (nSPS) is 12.8. The van der Waals surface area contributed by atoms with Gasteiger partial charge in [0.1, 0.15) is 23.4 Å². The zero-order chi connectivity index (χ0) is 27.8. The van der Waals surface area contributed by atoms with Crippen LogP contribution in [0.2, 0.25) is 5.02 Å². The number of hydrogen-bond acceptors (Lipinski definition) is 6. The van der Waals surface area contributed by atoms with Gasteiger partial charge in [-0.05, 0) is 51.8 Å². The molecule has 0 bridgehead atoms. The lowest BCUT2D eigenvalue weighted by molar-refractivity contribution is -0.141. The zero-order valence-corrected chi connectivity index (χ0v) is 22.6. The summed E-state index contributed by atoms with van der Waals surface area (Å²) in [7, 11) is 0. The lowest BCUT2D eigenvalue weighted by atomic mass is 10.0. The lowest BCUT2D eigenvalue weighted by Crippen LogP contribution is -2.54. The van der Waals surface area contributed by atoms with Gasteiger partial charge in [-0.25, -0.2) is 4.79 Å². The summed E-state index contributed by atoms with van der Waals surface area (Å²) in [5.74, 6) is -1.51. The maximum Gasteiger partial charge on any atom is 0.408 e. The van der Waals surface area contributed by atoms with E-state index < -0.39 is 42.2 Å². The number of nitrogens with one attached hydrogen (secondary N) is 2. The first-order valence-corrected chi connectivity index (χ1v) is 12.5. The van der Waals surface area contributed by atoms with E-state index in [9.17, 15) is 24.6 Å². The van der Waals surface area contributed by atoms with Crippen molar-refractivity contribution in [3.05, 3.63) is 58.6 Å². The molecule has 0 aliphatic carbocycles. The van der Waals surface area contributed by atoms with E-state index in [-0.39, 0.29) is 17.9 Å². The van der Waals surface area contributed by atoms with Gasteiger partial charge < -0.3 is 30.5 Å². The number of nitrogens with zero attached hydrogens (tertiary/aromatic N) is 1. The number of unbranched alkanes of at least 4 members (excludes halogenated alkanes) is 1. The van der Waals surface area contributed by atoms with Crippen LogP contribution in [0.3, 0.4) is 0 Å². The fourth-order valence-electron chi connectivity index (χ4n) is 3.68. The number of benzene rings is 2. The van der Waals surface area contributed by atoms with E-state index in [4.69, 9.17) is 16.3 Å². The molecule has 0 saturated heterocycles. The monoisotopic (exact) mass is 533 g/mol. The molecular weight excluding hydrogens is 498 g/mol. The number of carbonyl (C=O) groups is 3. The molecule has 0 fully saturated rings. The molecule has 0 heterocycles. The summed E-state index contributed by atoms with van der Waals surface area (Å²) in [6.45, 7) is 8.12. The highest BCUT2D eigenvalue weighted by atomic mass is 35.5. The fourth-order valence-corrected chi connectivity index (χ4v) is 3.95. The molecular formula is C27H36ClN3O6. The molecule has 0 saturated carbocycles. The van der Waals surface area contributed by atoms with Gasteiger partial charge in [0.2, 0.25) is 5.91 Å². The number of hydrogen-bond donors (Lipinski definition) is 4. The Balaban J connectivity index is 2.52. The molecule has 4 N–H and O–H groups in total. The molecule has 0 aromatic heterocycles. The van der Waals surface area contributed by atoms with Gasteiger partial charge in [0.15, 0.2) is 0 Å². The van der Waals surface area contributed by atoms with Crippen LogP contribution >= 0.6 is 11.6 Å². The Bertz CT molecular complexity index is 1080. The standard InChI is InChI=1S/C27H36ClN3O6/c1-6-7-15-31(25(35)20(16-32)29-26(36)37-27(3,4)5)23(18-12-8-9-14-21(18)33)24(34)30-22-17(2)11-10-13-19(22)28/h8-14,20,23,32-33H,6-7,15-16H2,1-5H3,(H,29,36)(H,30,34). The minimum atomic E-state index is -1.38. The number of rotatable bonds is 10. The fraction of sp³-hybridized carbons (Fsp3) is 0.444. The van der Waals surface area contributed by atoms with Crippen molar-refractivity contribution in [2.24, 2.45) is 0 Å². The van der Waals surface area contributed by atoms with Crippen molar-refractivity contribution in [2.75, 3.05) is 18.5 Å². The number of phenolic OH excluding ortho intramolecular Hbond substituents is 1. The van der Waals surface area contributed by atoms with Gasteiger partial charge in [-0.15, -0.1) is 0 Å². The van der Waals surface area contributed by atoms with E-state index in [0.29, 0.717) is 29.1 Å². The van der Waals surface area contributed by atoms with Gasteiger partial charge in [0.05, 0.1) is 17.3 Å². The highest BCUT2D eigenvalue weighted by molar-refractivity contribution is 6.34. The number of aryl methyl sites for hydroxylation is 1. The second kappa shape index (κ2) is 13.3. The molecule has 2 aromatic carbocycles. The molecule has 202 valence electrons. The number of alkyl carbamates (subject to hydrolysis) is 1. The smallest absolute Gasteiger partial charge is 0.408 e. The van der Waals surface area contributed by atoms with Crippen molar-refractivity contribution < 1.29 is 29.3 Å². The minimum absolute atomic E-state index is 0.121. The summed E-state index contributed by atoms with van der Waals surface area (Å²) in [4.78, 5) is 41.1. The average molecular weight is 534 g/mol. The number of phenols is 1. The third-order valence-corrected chi connectivity index (χ3v) is 5.78. The third-order valence-electron chi connectivity index (χ3n) is 5.47. The second-order valence-electron chi connectivity index (χ2n) is 9.65. The van der Waals surface area contributed by atoms with Gasteiger partial charge >= 0.3 is 6.09 Å². The topological polar surface area (TPSA) is 128 Å². The number of carbonyl (C=O) groups excluding carboxylic acids is 3. The summed E-state index contributed by atoms with van der Waals surface area (Å²) in [5, 5.41) is 26.1. The van der Waals surface area contributed by atoms with Crippen molar-refractivity contribution in [2.45, 2.75) is 65.1 Å². The maximum atomic E-state index is 13.8. The van der Waals surface area contributed by atoms with Crippen molar-refractivity contribution in [3.8, 4) is 5.75 Å². The van der Waals surface area contributed by atoms with Crippen LogP contribution in [0.4, 0.5) is 10.5 Å². The number of aliphatic hydroxyl groups excluding tert-OH is 1. The van der Waals surface area contributed by atoms with Crippen molar-refractivity contribution >= 4 is 35.2 Å². The van der Waals surface area contributed by atoms with Crippen LogP contribution in [0.25, 0.3) is 0 Å². The first-order chi connectivity index (χ1) is 17.4. The number of aliphatic hydroxyl groups is 1. The van der Waals surface area contributed by atoms with E-state index in [1.165, 1.54) is 11.0 Å². The maximum absolute atomic E-state index is 13.8. The summed E-state index contributed by atoms with van der Waals surface area (Å²) in [6, 6.07) is 8.70. The molecule has 2 aromatic rings. The average Bonchev–Trinajstić information content (AvgIpc) is 2.81. The molecule has 0 spiro atoms. The predicted molar refractivity (Wildman–Crippen MR) is 143 cm³/mol. The summed E-state index contributed by atoms with van der Waals surface area (Å²) >= 11 is 6.33. The number of halogens is 1. The Morgan fingerprint density at radius 3 is 2.35 bits per heavy atom. The highest BCUT2D eigenvalue weighted by Gasteiger charge is 2.37. The van der Waals surface area contributed by atoms with Crippen LogP contribution in [0.1, 0.15) is 57.7 Å². The SMILES string of the molecule is CCCCN(C(=O)C(CO)NC(=O)OC(C)(C)C)C(C(=O)Nc1c(C)cccc1Cl)c1ccccc1O. The molecule has 0 radical (unpaired) electrons. The van der Waals surface area contributed by atoms with Crippen LogP contribution in [0.15, 0.2) is 42.5 Å². The van der Waals surface area contributed by atoms with Crippen molar-refractivity contribution in [3.63, 3.8) is 0 Å². The molecule has 9 nitrogen and oxygen atoms in total. The number of ether oxygens (including phenoxy) is 1. The highest BCUT2D eigenvalue weighted by Crippen LogP contribution is 2.33. The third kappa shape index (κ3) is 8.36. The van der Waals surface area contributed by atoms with Crippen LogP contribution in [0.5, 0.6) is 5.75 Å². The van der Waals surface area contributed by atoms with Crippen molar-refractivity contribution in [1.82, 2.24) is 10.2 Å². The Kier molecular flexibility index (Phi) is 10.8. The second-order valence-corrected chi connectivity index (χ2v) is 10.1. The van der Waals surface area contributed by atoms with Crippen LogP contribution in [0, 0.1) is 6.92 Å². The minimum Gasteiger partial charge on any atom is -0.508 e. The van der Waals surface area contributed by atoms with Crippen LogP contribution < -0.4 is 10.6 Å². The number of amides is 3. The zero-order valence-electron chi connectivity index (χ0n) is 21.9. The Morgan fingerprint density at radius 1 is 1.11 bits per heavy atom. The van der Waals surface area contributed by atoms with E-state index in [2.05, 4.69) is 10.6 Å². The molecule has 3 amide bonds. The first-order valence-electron chi connectivity index (χ1n) is 12.1. The van der Waals surface area contributed by atoms with E-state index in [0.717, 1.165) is 0 Å². The molecule has 0 aliphatic heterocycles. The number of para-hydroxylation sites is 2. The van der Waals surface area contributed by atoms with Crippen LogP contribution in [-0.2, 0) is 14.3 Å². The van der Waals surface area contributed by atoms with Crippen LogP contribution in [-0.4, -0.2) is 57.8 Å². The number of aromatic hydroxyl groups is 1. The van der Waals surface area contributed by atoms with Gasteiger partial charge in [0, 0.05) is 12.1 Å². The Morgan fingerprint density at radius 2 is 1.78 bits per heavy atom. The van der Waals surface area contributed by atoms with E-state index in [1.54, 1.807) is 64.1 Å². The summed E-state index contributed by atoms with van der Waals surface area (Å²) in [6.07, 6.45) is 0.343. The summed E-state index contributed by atoms with van der Waals surface area (Å²) in [5.41, 5.74) is 0.453. The van der Waals surface area contributed by atoms with Gasteiger partial charge in [-0.2, -0.15) is 0 Å².